The molecular formula is C30H36ClN3O4S. The van der Waals surface area contributed by atoms with Crippen LogP contribution in [0, 0.1) is 13.8 Å². The maximum absolute atomic E-state index is 14.0. The van der Waals surface area contributed by atoms with Crippen LogP contribution in [0.2, 0.25) is 5.02 Å². The largest absolute Gasteiger partial charge is 0.354 e. The monoisotopic (exact) mass is 569 g/mol. The van der Waals surface area contributed by atoms with Gasteiger partial charge in [0.25, 0.3) is 10.0 Å². The third kappa shape index (κ3) is 7.61. The predicted molar refractivity (Wildman–Crippen MR) is 156 cm³/mol. The molecule has 0 saturated carbocycles. The Hall–Kier alpha value is -3.36. The van der Waals surface area contributed by atoms with E-state index in [-0.39, 0.29) is 17.3 Å². The summed E-state index contributed by atoms with van der Waals surface area (Å²) in [5.74, 6) is -0.773. The summed E-state index contributed by atoms with van der Waals surface area (Å²) in [6, 6.07) is 19.6. The maximum atomic E-state index is 14.0. The Morgan fingerprint density at radius 3 is 2.15 bits per heavy atom. The summed E-state index contributed by atoms with van der Waals surface area (Å²) in [7, 11) is -4.14. The topological polar surface area (TPSA) is 86.8 Å². The number of carbonyl (C=O) groups is 2. The van der Waals surface area contributed by atoms with E-state index in [4.69, 9.17) is 11.6 Å². The standard InChI is InChI=1S/C30H36ClN3O4S/c1-5-6-19-32-30(36)24(4)33(20-25-13-9-7-11-22(25)2)29(35)21-34(28-14-10-8-12-23(28)3)39(37,38)27-17-15-26(31)16-18-27/h7-18,24H,5-6,19-21H2,1-4H3,(H,32,36)/t24-/m1/s1. The zero-order chi connectivity index (χ0) is 28.6. The van der Waals surface area contributed by atoms with Crippen molar-refractivity contribution >= 4 is 39.1 Å². The zero-order valence-corrected chi connectivity index (χ0v) is 24.4. The van der Waals surface area contributed by atoms with Gasteiger partial charge in [-0.25, -0.2) is 8.42 Å². The molecule has 3 aromatic carbocycles. The van der Waals surface area contributed by atoms with Crippen molar-refractivity contribution in [3.05, 3.63) is 94.5 Å². The number of rotatable bonds is 12. The lowest BCUT2D eigenvalue weighted by Crippen LogP contribution is -2.51. The van der Waals surface area contributed by atoms with Gasteiger partial charge in [0.1, 0.15) is 12.6 Å². The molecule has 1 N–H and O–H groups in total. The summed E-state index contributed by atoms with van der Waals surface area (Å²) >= 11 is 6.00. The number of para-hydroxylation sites is 1. The highest BCUT2D eigenvalue weighted by atomic mass is 35.5. The van der Waals surface area contributed by atoms with Gasteiger partial charge < -0.3 is 10.2 Å². The van der Waals surface area contributed by atoms with Gasteiger partial charge in [0.2, 0.25) is 11.8 Å². The Kier molecular flexibility index (Phi) is 10.5. The van der Waals surface area contributed by atoms with Gasteiger partial charge >= 0.3 is 0 Å². The van der Waals surface area contributed by atoms with Gasteiger partial charge in [-0.15, -0.1) is 0 Å². The van der Waals surface area contributed by atoms with Crippen LogP contribution in [0.1, 0.15) is 43.4 Å². The molecule has 0 heterocycles. The van der Waals surface area contributed by atoms with Gasteiger partial charge in [-0.05, 0) is 74.2 Å². The van der Waals surface area contributed by atoms with Crippen molar-refractivity contribution in [1.82, 2.24) is 10.2 Å². The number of amides is 2. The lowest BCUT2D eigenvalue weighted by atomic mass is 10.1. The van der Waals surface area contributed by atoms with Crippen LogP contribution in [-0.4, -0.2) is 44.3 Å². The average Bonchev–Trinajstić information content (AvgIpc) is 2.91. The minimum absolute atomic E-state index is 0.0127. The number of hydrogen-bond acceptors (Lipinski definition) is 4. The fourth-order valence-electron chi connectivity index (χ4n) is 4.18. The summed E-state index contributed by atoms with van der Waals surface area (Å²) in [6.07, 6.45) is 1.75. The first-order chi connectivity index (χ1) is 18.6. The van der Waals surface area contributed by atoms with Crippen LogP contribution in [-0.2, 0) is 26.2 Å². The lowest BCUT2D eigenvalue weighted by molar-refractivity contribution is -0.139. The summed E-state index contributed by atoms with van der Waals surface area (Å²) < 4.78 is 28.9. The Balaban J connectivity index is 2.02. The highest BCUT2D eigenvalue weighted by Gasteiger charge is 2.33. The number of halogens is 1. The number of sulfonamides is 1. The van der Waals surface area contributed by atoms with E-state index in [9.17, 15) is 18.0 Å². The van der Waals surface area contributed by atoms with Crippen LogP contribution >= 0.6 is 11.6 Å². The van der Waals surface area contributed by atoms with Crippen LogP contribution in [0.5, 0.6) is 0 Å². The van der Waals surface area contributed by atoms with Gasteiger partial charge in [-0.3, -0.25) is 13.9 Å². The molecule has 0 bridgehead atoms. The molecule has 1 atom stereocenters. The van der Waals surface area contributed by atoms with Crippen molar-refractivity contribution in [2.75, 3.05) is 17.4 Å². The molecule has 0 spiro atoms. The Bertz CT molecular complexity index is 1390. The number of nitrogens with one attached hydrogen (secondary N) is 1. The molecule has 2 amide bonds. The number of unbranched alkanes of at least 4 members (excludes halogenated alkanes) is 1. The quantitative estimate of drug-likeness (QED) is 0.292. The van der Waals surface area contributed by atoms with E-state index in [2.05, 4.69) is 5.32 Å². The van der Waals surface area contributed by atoms with Crippen molar-refractivity contribution in [3.8, 4) is 0 Å². The minimum atomic E-state index is -4.14. The highest BCUT2D eigenvalue weighted by Crippen LogP contribution is 2.28. The molecule has 0 aliphatic heterocycles. The van der Waals surface area contributed by atoms with Crippen LogP contribution in [0.3, 0.4) is 0 Å². The molecular weight excluding hydrogens is 534 g/mol. The van der Waals surface area contributed by atoms with Crippen LogP contribution < -0.4 is 9.62 Å². The summed E-state index contributed by atoms with van der Waals surface area (Å²) in [4.78, 5) is 28.5. The second kappa shape index (κ2) is 13.6. The van der Waals surface area contributed by atoms with Gasteiger partial charge in [-0.2, -0.15) is 0 Å². The van der Waals surface area contributed by atoms with E-state index in [1.54, 1.807) is 38.1 Å². The second-order valence-corrected chi connectivity index (χ2v) is 11.8. The molecule has 0 saturated heterocycles. The Morgan fingerprint density at radius 1 is 0.923 bits per heavy atom. The van der Waals surface area contributed by atoms with Crippen molar-refractivity contribution in [1.29, 1.82) is 0 Å². The third-order valence-electron chi connectivity index (χ3n) is 6.66. The molecule has 208 valence electrons. The van der Waals surface area contributed by atoms with E-state index in [0.29, 0.717) is 22.8 Å². The molecule has 9 heteroatoms. The zero-order valence-electron chi connectivity index (χ0n) is 22.9. The fourth-order valence-corrected chi connectivity index (χ4v) is 5.78. The Labute approximate surface area is 236 Å². The molecule has 0 unspecified atom stereocenters. The van der Waals surface area contributed by atoms with Crippen molar-refractivity contribution in [2.24, 2.45) is 0 Å². The van der Waals surface area contributed by atoms with Crippen LogP contribution in [0.25, 0.3) is 0 Å². The maximum Gasteiger partial charge on any atom is 0.264 e. The highest BCUT2D eigenvalue weighted by molar-refractivity contribution is 7.92. The first-order valence-electron chi connectivity index (χ1n) is 13.0. The molecule has 3 aromatic rings. The smallest absolute Gasteiger partial charge is 0.264 e. The number of benzene rings is 3. The lowest BCUT2D eigenvalue weighted by Gasteiger charge is -2.32. The molecule has 3 rings (SSSR count). The molecule has 0 aromatic heterocycles. The van der Waals surface area contributed by atoms with Gasteiger partial charge in [-0.1, -0.05) is 67.4 Å². The number of anilines is 1. The average molecular weight is 570 g/mol. The predicted octanol–water partition coefficient (Wildman–Crippen LogP) is 5.49. The molecule has 0 radical (unpaired) electrons. The first-order valence-corrected chi connectivity index (χ1v) is 14.8. The third-order valence-corrected chi connectivity index (χ3v) is 8.69. The number of aryl methyl sites for hydroxylation is 2. The molecule has 0 fully saturated rings. The Morgan fingerprint density at radius 2 is 1.54 bits per heavy atom. The van der Waals surface area contributed by atoms with E-state index in [1.165, 1.54) is 29.2 Å². The van der Waals surface area contributed by atoms with Crippen LogP contribution in [0.15, 0.2) is 77.7 Å². The van der Waals surface area contributed by atoms with E-state index < -0.39 is 28.5 Å². The summed E-state index contributed by atoms with van der Waals surface area (Å²) in [5, 5.41) is 3.30. The number of nitrogens with zero attached hydrogens (tertiary/aromatic N) is 2. The molecule has 0 aliphatic rings. The van der Waals surface area contributed by atoms with E-state index >= 15 is 0 Å². The van der Waals surface area contributed by atoms with Crippen molar-refractivity contribution in [3.63, 3.8) is 0 Å². The number of carbonyl (C=O) groups excluding carboxylic acids is 2. The molecule has 0 aliphatic carbocycles. The van der Waals surface area contributed by atoms with Gasteiger partial charge in [0.05, 0.1) is 10.6 Å². The molecule has 39 heavy (non-hydrogen) atoms. The van der Waals surface area contributed by atoms with Crippen molar-refractivity contribution in [2.45, 2.75) is 58.0 Å². The normalized spacial score (nSPS) is 12.0. The number of hydrogen-bond donors (Lipinski definition) is 1. The summed E-state index contributed by atoms with van der Waals surface area (Å²) in [6.45, 7) is 7.62. The van der Waals surface area contributed by atoms with E-state index in [1.807, 2.05) is 38.1 Å². The van der Waals surface area contributed by atoms with Crippen LogP contribution in [0.4, 0.5) is 5.69 Å². The second-order valence-electron chi connectivity index (χ2n) is 9.52. The van der Waals surface area contributed by atoms with Gasteiger partial charge in [0.15, 0.2) is 0 Å². The SMILES string of the molecule is CCCCNC(=O)[C@@H](C)N(Cc1ccccc1C)C(=O)CN(c1ccccc1C)S(=O)(=O)c1ccc(Cl)cc1. The minimum Gasteiger partial charge on any atom is -0.354 e. The summed E-state index contributed by atoms with van der Waals surface area (Å²) in [5.41, 5.74) is 2.93. The first kappa shape index (κ1) is 30.2. The van der Waals surface area contributed by atoms with Gasteiger partial charge in [0, 0.05) is 18.1 Å². The molecule has 7 nitrogen and oxygen atoms in total. The van der Waals surface area contributed by atoms with E-state index in [0.717, 1.165) is 28.3 Å². The fraction of sp³-hybridized carbons (Fsp3) is 0.333. The van der Waals surface area contributed by atoms with Crippen molar-refractivity contribution < 1.29 is 18.0 Å².